The number of likely N-dealkylation sites (N-methyl/N-ethyl adjacent to an activating group) is 1. The topological polar surface area (TPSA) is 53.3 Å². The molecular weight excluding hydrogens is 264 g/mol. The smallest absolute Gasteiger partial charge is 0.0640 e. The summed E-state index contributed by atoms with van der Waals surface area (Å²) in [4.78, 5) is 2.18. The van der Waals surface area contributed by atoms with E-state index in [1.807, 2.05) is 18.5 Å². The van der Waals surface area contributed by atoms with Gasteiger partial charge < -0.3 is 15.3 Å². The predicted molar refractivity (Wildman–Crippen MR) is 83.9 cm³/mol. The molecule has 1 aromatic heterocycles. The zero-order chi connectivity index (χ0) is 15.1. The van der Waals surface area contributed by atoms with Crippen molar-refractivity contribution in [1.82, 2.24) is 20.0 Å². The van der Waals surface area contributed by atoms with E-state index in [9.17, 15) is 0 Å². The fraction of sp³-hybridized carbons (Fsp3) is 0.438. The molecule has 21 heavy (non-hydrogen) atoms. The Labute approximate surface area is 126 Å². The molecule has 0 amide bonds. The van der Waals surface area contributed by atoms with Crippen LogP contribution in [0.15, 0.2) is 42.7 Å². The third-order valence-corrected chi connectivity index (χ3v) is 3.32. The van der Waals surface area contributed by atoms with Gasteiger partial charge in [-0.15, -0.1) is 0 Å². The molecule has 2 aromatic rings. The fourth-order valence-corrected chi connectivity index (χ4v) is 2.30. The van der Waals surface area contributed by atoms with Crippen molar-refractivity contribution in [2.24, 2.45) is 0 Å². The third-order valence-electron chi connectivity index (χ3n) is 3.32. The van der Waals surface area contributed by atoms with Crippen molar-refractivity contribution in [3.63, 3.8) is 0 Å². The zero-order valence-electron chi connectivity index (χ0n) is 12.7. The van der Waals surface area contributed by atoms with E-state index < -0.39 is 0 Å². The summed E-state index contributed by atoms with van der Waals surface area (Å²) in [6.45, 7) is 2.36. The van der Waals surface area contributed by atoms with Crippen molar-refractivity contribution in [2.75, 3.05) is 27.2 Å². The van der Waals surface area contributed by atoms with Crippen LogP contribution in [0.4, 0.5) is 0 Å². The summed E-state index contributed by atoms with van der Waals surface area (Å²) in [5, 5.41) is 16.7. The Morgan fingerprint density at radius 3 is 2.71 bits per heavy atom. The molecule has 1 unspecified atom stereocenters. The van der Waals surface area contributed by atoms with Crippen molar-refractivity contribution in [3.05, 3.63) is 53.9 Å². The van der Waals surface area contributed by atoms with Crippen LogP contribution in [0.3, 0.4) is 0 Å². The number of nitrogens with one attached hydrogen (secondary N) is 1. The lowest BCUT2D eigenvalue weighted by Gasteiger charge is -2.22. The Kier molecular flexibility index (Phi) is 5.92. The third kappa shape index (κ3) is 4.97. The molecule has 2 N–H and O–H groups in total. The first-order valence-electron chi connectivity index (χ1n) is 7.24. The van der Waals surface area contributed by atoms with E-state index in [2.05, 4.69) is 53.7 Å². The van der Waals surface area contributed by atoms with E-state index in [4.69, 9.17) is 5.11 Å². The summed E-state index contributed by atoms with van der Waals surface area (Å²) in [5.74, 6) is 0. The van der Waals surface area contributed by atoms with Crippen molar-refractivity contribution >= 4 is 0 Å². The molecule has 0 fully saturated rings. The standard InChI is InChI=1S/C16H24N4O/c1-19(2)13-16(15-6-4-3-5-7-15)17-10-14-11-18-20(12-14)8-9-21/h3-7,11-12,16-17,21H,8-10,13H2,1-2H3. The highest BCUT2D eigenvalue weighted by Crippen LogP contribution is 2.14. The van der Waals surface area contributed by atoms with Gasteiger partial charge in [-0.25, -0.2) is 0 Å². The van der Waals surface area contributed by atoms with Crippen LogP contribution >= 0.6 is 0 Å². The molecule has 0 aliphatic carbocycles. The summed E-state index contributed by atoms with van der Waals surface area (Å²) in [6, 6.07) is 10.8. The van der Waals surface area contributed by atoms with Crippen LogP contribution in [0, 0.1) is 0 Å². The SMILES string of the molecule is CN(C)CC(NCc1cnn(CCO)c1)c1ccccc1. The lowest BCUT2D eigenvalue weighted by molar-refractivity contribution is 0.269. The largest absolute Gasteiger partial charge is 0.394 e. The molecule has 5 heteroatoms. The summed E-state index contributed by atoms with van der Waals surface area (Å²) >= 11 is 0. The second kappa shape index (κ2) is 7.93. The van der Waals surface area contributed by atoms with E-state index in [1.165, 1.54) is 5.56 Å². The van der Waals surface area contributed by atoms with Gasteiger partial charge in [0.15, 0.2) is 0 Å². The first kappa shape index (κ1) is 15.7. The van der Waals surface area contributed by atoms with Gasteiger partial charge in [-0.1, -0.05) is 30.3 Å². The Morgan fingerprint density at radius 2 is 2.05 bits per heavy atom. The second-order valence-electron chi connectivity index (χ2n) is 5.44. The number of nitrogens with zero attached hydrogens (tertiary/aromatic N) is 3. The number of aliphatic hydroxyl groups excluding tert-OH is 1. The van der Waals surface area contributed by atoms with Crippen LogP contribution in [0.1, 0.15) is 17.2 Å². The Balaban J connectivity index is 1.98. The summed E-state index contributed by atoms with van der Waals surface area (Å²) in [7, 11) is 4.16. The summed E-state index contributed by atoms with van der Waals surface area (Å²) < 4.78 is 1.76. The average molecular weight is 288 g/mol. The van der Waals surface area contributed by atoms with Crippen molar-refractivity contribution in [1.29, 1.82) is 0 Å². The Bertz CT molecular complexity index is 524. The molecule has 1 atom stereocenters. The van der Waals surface area contributed by atoms with Gasteiger partial charge in [-0.3, -0.25) is 4.68 Å². The maximum Gasteiger partial charge on any atom is 0.0640 e. The molecule has 5 nitrogen and oxygen atoms in total. The first-order chi connectivity index (χ1) is 10.2. The molecule has 0 saturated heterocycles. The lowest BCUT2D eigenvalue weighted by Crippen LogP contribution is -2.30. The van der Waals surface area contributed by atoms with Crippen molar-refractivity contribution in [2.45, 2.75) is 19.1 Å². The second-order valence-corrected chi connectivity index (χ2v) is 5.44. The minimum Gasteiger partial charge on any atom is -0.394 e. The molecule has 2 rings (SSSR count). The molecule has 114 valence electrons. The van der Waals surface area contributed by atoms with Gasteiger partial charge in [0.2, 0.25) is 0 Å². The van der Waals surface area contributed by atoms with Crippen LogP contribution < -0.4 is 5.32 Å². The van der Waals surface area contributed by atoms with Gasteiger partial charge in [-0.2, -0.15) is 5.10 Å². The van der Waals surface area contributed by atoms with Gasteiger partial charge in [-0.05, 0) is 19.7 Å². The number of aromatic nitrogens is 2. The summed E-state index contributed by atoms with van der Waals surface area (Å²) in [6.07, 6.45) is 3.82. The average Bonchev–Trinajstić information content (AvgIpc) is 2.92. The molecule has 1 heterocycles. The minimum absolute atomic E-state index is 0.113. The van der Waals surface area contributed by atoms with Gasteiger partial charge in [0.1, 0.15) is 0 Å². The fourth-order valence-electron chi connectivity index (χ4n) is 2.30. The Morgan fingerprint density at radius 1 is 1.29 bits per heavy atom. The molecule has 0 spiro atoms. The van der Waals surface area contributed by atoms with Crippen molar-refractivity contribution in [3.8, 4) is 0 Å². The molecule has 0 radical (unpaired) electrons. The molecular formula is C16H24N4O. The number of rotatable bonds is 8. The van der Waals surface area contributed by atoms with Crippen LogP contribution in [0.25, 0.3) is 0 Å². The lowest BCUT2D eigenvalue weighted by atomic mass is 10.1. The minimum atomic E-state index is 0.113. The van der Waals surface area contributed by atoms with Crippen LogP contribution in [0.5, 0.6) is 0 Å². The number of hydrogen-bond donors (Lipinski definition) is 2. The monoisotopic (exact) mass is 288 g/mol. The molecule has 0 aliphatic heterocycles. The molecule has 1 aromatic carbocycles. The van der Waals surface area contributed by atoms with Gasteiger partial charge >= 0.3 is 0 Å². The van der Waals surface area contributed by atoms with Gasteiger partial charge in [0.25, 0.3) is 0 Å². The van der Waals surface area contributed by atoms with E-state index in [0.29, 0.717) is 6.54 Å². The molecule has 0 bridgehead atoms. The van der Waals surface area contributed by atoms with E-state index in [1.54, 1.807) is 4.68 Å². The van der Waals surface area contributed by atoms with Gasteiger partial charge in [0.05, 0.1) is 19.3 Å². The number of aliphatic hydroxyl groups is 1. The van der Waals surface area contributed by atoms with E-state index in [-0.39, 0.29) is 12.6 Å². The molecule has 0 saturated carbocycles. The maximum atomic E-state index is 8.91. The highest BCUT2D eigenvalue weighted by Gasteiger charge is 2.12. The van der Waals surface area contributed by atoms with Crippen LogP contribution in [-0.2, 0) is 13.1 Å². The van der Waals surface area contributed by atoms with Crippen LogP contribution in [0.2, 0.25) is 0 Å². The quantitative estimate of drug-likeness (QED) is 0.768. The van der Waals surface area contributed by atoms with Crippen molar-refractivity contribution < 1.29 is 5.11 Å². The Hall–Kier alpha value is -1.69. The zero-order valence-corrected chi connectivity index (χ0v) is 12.7. The first-order valence-corrected chi connectivity index (χ1v) is 7.24. The highest BCUT2D eigenvalue weighted by molar-refractivity contribution is 5.19. The highest BCUT2D eigenvalue weighted by atomic mass is 16.3. The summed E-state index contributed by atoms with van der Waals surface area (Å²) in [5.41, 5.74) is 2.41. The number of benzene rings is 1. The number of hydrogen-bond acceptors (Lipinski definition) is 4. The van der Waals surface area contributed by atoms with E-state index in [0.717, 1.165) is 18.7 Å². The van der Waals surface area contributed by atoms with Gasteiger partial charge in [0, 0.05) is 30.9 Å². The normalized spacial score (nSPS) is 12.8. The van der Waals surface area contributed by atoms with Crippen LogP contribution in [-0.4, -0.2) is 47.0 Å². The predicted octanol–water partition coefficient (Wildman–Crippen LogP) is 1.27. The van der Waals surface area contributed by atoms with E-state index >= 15 is 0 Å². The maximum absolute atomic E-state index is 8.91. The molecule has 0 aliphatic rings.